The predicted octanol–water partition coefficient (Wildman–Crippen LogP) is 2.97. The van der Waals surface area contributed by atoms with Gasteiger partial charge in [-0.1, -0.05) is 6.07 Å². The summed E-state index contributed by atoms with van der Waals surface area (Å²) in [4.78, 5) is 11.1. The minimum Gasteiger partial charge on any atom is -0.478 e. The van der Waals surface area contributed by atoms with Crippen LogP contribution in [0, 0.1) is 11.6 Å². The van der Waals surface area contributed by atoms with Gasteiger partial charge in [0.2, 0.25) is 0 Å². The molecule has 0 saturated heterocycles. The fraction of sp³-hybridized carbons (Fsp3) is 0.0714. The van der Waals surface area contributed by atoms with E-state index in [1.165, 1.54) is 24.3 Å². The van der Waals surface area contributed by atoms with Crippen LogP contribution >= 0.6 is 0 Å². The molecule has 0 saturated carbocycles. The molecule has 2 aromatic carbocycles. The van der Waals surface area contributed by atoms with Crippen LogP contribution in [-0.4, -0.2) is 15.3 Å². The summed E-state index contributed by atoms with van der Waals surface area (Å²) in [6, 6.07) is 8.58. The summed E-state index contributed by atoms with van der Waals surface area (Å²) in [7, 11) is -1.57. The second-order valence-corrected chi connectivity index (χ2v) is 5.55. The van der Waals surface area contributed by atoms with Crippen molar-refractivity contribution in [3.63, 3.8) is 0 Å². The Hall–Kier alpha value is -2.08. The van der Waals surface area contributed by atoms with Crippen molar-refractivity contribution in [1.29, 1.82) is 0 Å². The lowest BCUT2D eigenvalue weighted by Crippen LogP contribution is -2.01. The number of hydrogen-bond donors (Lipinski definition) is 1. The molecule has 0 bridgehead atoms. The molecule has 0 amide bonds. The third kappa shape index (κ3) is 3.48. The maximum Gasteiger partial charge on any atom is 0.335 e. The van der Waals surface area contributed by atoms with Gasteiger partial charge in [0.1, 0.15) is 11.6 Å². The molecule has 0 aliphatic heterocycles. The molecule has 1 atom stereocenters. The van der Waals surface area contributed by atoms with E-state index >= 15 is 0 Å². The van der Waals surface area contributed by atoms with Crippen molar-refractivity contribution in [1.82, 2.24) is 0 Å². The molecule has 3 nitrogen and oxygen atoms in total. The van der Waals surface area contributed by atoms with E-state index in [0.29, 0.717) is 4.90 Å². The Labute approximate surface area is 116 Å². The number of carbonyl (C=O) groups is 1. The SMILES string of the molecule is O=C(O)c1cccc(S(=O)Cc2cc(F)cc(F)c2)c1. The fourth-order valence-electron chi connectivity index (χ4n) is 1.70. The van der Waals surface area contributed by atoms with Crippen molar-refractivity contribution in [2.45, 2.75) is 10.6 Å². The van der Waals surface area contributed by atoms with E-state index in [1.54, 1.807) is 0 Å². The molecule has 20 heavy (non-hydrogen) atoms. The van der Waals surface area contributed by atoms with Crippen molar-refractivity contribution in [2.24, 2.45) is 0 Å². The number of carboxylic acids is 1. The fourth-order valence-corrected chi connectivity index (χ4v) is 2.82. The van der Waals surface area contributed by atoms with E-state index < -0.39 is 28.4 Å². The topological polar surface area (TPSA) is 54.4 Å². The number of aromatic carboxylic acids is 1. The second-order valence-electron chi connectivity index (χ2n) is 4.10. The van der Waals surface area contributed by atoms with E-state index in [4.69, 9.17) is 5.11 Å². The third-order valence-electron chi connectivity index (χ3n) is 2.56. The van der Waals surface area contributed by atoms with Gasteiger partial charge in [0.15, 0.2) is 0 Å². The van der Waals surface area contributed by atoms with Crippen LogP contribution in [-0.2, 0) is 16.6 Å². The van der Waals surface area contributed by atoms with Gasteiger partial charge in [-0.05, 0) is 35.9 Å². The first-order valence-corrected chi connectivity index (χ1v) is 6.94. The van der Waals surface area contributed by atoms with Crippen LogP contribution in [0.4, 0.5) is 8.78 Å². The van der Waals surface area contributed by atoms with Gasteiger partial charge in [0, 0.05) is 11.0 Å². The van der Waals surface area contributed by atoms with E-state index in [2.05, 4.69) is 0 Å². The highest BCUT2D eigenvalue weighted by Crippen LogP contribution is 2.16. The van der Waals surface area contributed by atoms with Gasteiger partial charge < -0.3 is 5.11 Å². The molecule has 0 heterocycles. The summed E-state index contributed by atoms with van der Waals surface area (Å²) in [5.41, 5.74) is 0.267. The quantitative estimate of drug-likeness (QED) is 0.943. The molecular formula is C14H10F2O3S. The first-order valence-electron chi connectivity index (χ1n) is 5.62. The molecule has 0 fully saturated rings. The van der Waals surface area contributed by atoms with Crippen LogP contribution in [0.15, 0.2) is 47.4 Å². The van der Waals surface area contributed by atoms with Crippen LogP contribution < -0.4 is 0 Å². The zero-order valence-corrected chi connectivity index (χ0v) is 11.0. The van der Waals surface area contributed by atoms with Gasteiger partial charge in [0.25, 0.3) is 0 Å². The van der Waals surface area contributed by atoms with E-state index in [-0.39, 0.29) is 16.9 Å². The first-order chi connectivity index (χ1) is 9.45. The average molecular weight is 296 g/mol. The molecular weight excluding hydrogens is 286 g/mol. The summed E-state index contributed by atoms with van der Waals surface area (Å²) in [5, 5.41) is 8.86. The maximum atomic E-state index is 13.0. The lowest BCUT2D eigenvalue weighted by molar-refractivity contribution is 0.0696. The summed E-state index contributed by atoms with van der Waals surface area (Å²) < 4.78 is 38.2. The minimum atomic E-state index is -1.57. The van der Waals surface area contributed by atoms with Crippen molar-refractivity contribution < 1.29 is 22.9 Å². The van der Waals surface area contributed by atoms with Gasteiger partial charge in [-0.15, -0.1) is 0 Å². The zero-order chi connectivity index (χ0) is 14.7. The molecule has 0 spiro atoms. The molecule has 6 heteroatoms. The summed E-state index contributed by atoms with van der Waals surface area (Å²) in [6.45, 7) is 0. The van der Waals surface area contributed by atoms with Gasteiger partial charge in [-0.2, -0.15) is 0 Å². The van der Waals surface area contributed by atoms with Gasteiger partial charge >= 0.3 is 5.97 Å². The molecule has 1 unspecified atom stereocenters. The highest BCUT2D eigenvalue weighted by atomic mass is 32.2. The van der Waals surface area contributed by atoms with Gasteiger partial charge in [0.05, 0.1) is 22.1 Å². The highest BCUT2D eigenvalue weighted by Gasteiger charge is 2.10. The lowest BCUT2D eigenvalue weighted by atomic mass is 10.2. The first kappa shape index (κ1) is 14.3. The van der Waals surface area contributed by atoms with Crippen LogP contribution in [0.3, 0.4) is 0 Å². The number of hydrogen-bond acceptors (Lipinski definition) is 2. The Morgan fingerprint density at radius 2 is 1.75 bits per heavy atom. The Morgan fingerprint density at radius 1 is 1.10 bits per heavy atom. The number of halogens is 2. The Morgan fingerprint density at radius 3 is 2.35 bits per heavy atom. The summed E-state index contributed by atoms with van der Waals surface area (Å²) >= 11 is 0. The molecule has 0 aliphatic rings. The smallest absolute Gasteiger partial charge is 0.335 e. The molecule has 0 aromatic heterocycles. The predicted molar refractivity (Wildman–Crippen MR) is 69.9 cm³/mol. The maximum absolute atomic E-state index is 13.0. The summed E-state index contributed by atoms with van der Waals surface area (Å²) in [6.07, 6.45) is 0. The Kier molecular flexibility index (Phi) is 4.24. The lowest BCUT2D eigenvalue weighted by Gasteiger charge is -2.04. The minimum absolute atomic E-state index is 0.0151. The van der Waals surface area contributed by atoms with E-state index in [1.807, 2.05) is 0 Å². The van der Waals surface area contributed by atoms with E-state index in [0.717, 1.165) is 18.2 Å². The molecule has 2 rings (SSSR count). The van der Waals surface area contributed by atoms with Crippen LogP contribution in [0.2, 0.25) is 0 Å². The van der Waals surface area contributed by atoms with Crippen molar-refractivity contribution in [3.8, 4) is 0 Å². The molecule has 104 valence electrons. The van der Waals surface area contributed by atoms with Crippen molar-refractivity contribution in [3.05, 3.63) is 65.2 Å². The molecule has 0 radical (unpaired) electrons. The number of rotatable bonds is 4. The second kappa shape index (κ2) is 5.92. The third-order valence-corrected chi connectivity index (χ3v) is 3.94. The zero-order valence-electron chi connectivity index (χ0n) is 10.2. The van der Waals surface area contributed by atoms with Gasteiger partial charge in [-0.25, -0.2) is 13.6 Å². The normalized spacial score (nSPS) is 12.1. The standard InChI is InChI=1S/C14H10F2O3S/c15-11-4-9(5-12(16)7-11)8-20(19)13-3-1-2-10(6-13)14(17)18/h1-7H,8H2,(H,17,18). The van der Waals surface area contributed by atoms with E-state index in [9.17, 15) is 17.8 Å². The van der Waals surface area contributed by atoms with Crippen LogP contribution in [0.25, 0.3) is 0 Å². The molecule has 2 aromatic rings. The Bertz CT molecular complexity index is 666. The van der Waals surface area contributed by atoms with Crippen LogP contribution in [0.5, 0.6) is 0 Å². The van der Waals surface area contributed by atoms with Crippen LogP contribution in [0.1, 0.15) is 15.9 Å². The monoisotopic (exact) mass is 296 g/mol. The molecule has 0 aliphatic carbocycles. The van der Waals surface area contributed by atoms with Crippen molar-refractivity contribution in [2.75, 3.05) is 0 Å². The Balaban J connectivity index is 2.23. The highest BCUT2D eigenvalue weighted by molar-refractivity contribution is 7.84. The molecule has 1 N–H and O–H groups in total. The van der Waals surface area contributed by atoms with Crippen molar-refractivity contribution >= 4 is 16.8 Å². The average Bonchev–Trinajstić information content (AvgIpc) is 2.37. The number of carboxylic acid groups (broad SMARTS) is 1. The largest absolute Gasteiger partial charge is 0.478 e. The van der Waals surface area contributed by atoms with Gasteiger partial charge in [-0.3, -0.25) is 4.21 Å². The number of benzene rings is 2. The summed E-state index contributed by atoms with van der Waals surface area (Å²) in [5.74, 6) is -2.69.